The van der Waals surface area contributed by atoms with Crippen molar-refractivity contribution in [3.8, 4) is 0 Å². The quantitative estimate of drug-likeness (QED) is 0.366. The SMILES string of the molecule is NC(COC(=O)C(N)CC(=O)O)C(=O)O. The van der Waals surface area contributed by atoms with Crippen molar-refractivity contribution in [2.75, 3.05) is 6.61 Å². The molecule has 6 N–H and O–H groups in total. The van der Waals surface area contributed by atoms with Gasteiger partial charge in [-0.2, -0.15) is 0 Å². The highest BCUT2D eigenvalue weighted by atomic mass is 16.5. The van der Waals surface area contributed by atoms with Crippen molar-refractivity contribution in [2.45, 2.75) is 18.5 Å². The smallest absolute Gasteiger partial charge is 0.324 e. The fourth-order valence-electron chi connectivity index (χ4n) is 0.622. The number of carbonyl (C=O) groups excluding carboxylic acids is 1. The summed E-state index contributed by atoms with van der Waals surface area (Å²) in [4.78, 5) is 31.3. The number of carbonyl (C=O) groups is 3. The van der Waals surface area contributed by atoms with Gasteiger partial charge in [0.05, 0.1) is 6.42 Å². The number of esters is 1. The molecule has 0 amide bonds. The summed E-state index contributed by atoms with van der Waals surface area (Å²) >= 11 is 0. The monoisotopic (exact) mass is 220 g/mol. The Hall–Kier alpha value is -1.67. The van der Waals surface area contributed by atoms with E-state index in [4.69, 9.17) is 21.7 Å². The molecule has 0 aliphatic carbocycles. The van der Waals surface area contributed by atoms with Gasteiger partial charge in [-0.25, -0.2) is 0 Å². The largest absolute Gasteiger partial charge is 0.481 e. The van der Waals surface area contributed by atoms with E-state index < -0.39 is 43.0 Å². The van der Waals surface area contributed by atoms with Crippen LogP contribution in [0.5, 0.6) is 0 Å². The average Bonchev–Trinajstić information content (AvgIpc) is 2.12. The van der Waals surface area contributed by atoms with E-state index >= 15 is 0 Å². The molecular weight excluding hydrogens is 208 g/mol. The van der Waals surface area contributed by atoms with E-state index in [2.05, 4.69) is 4.74 Å². The van der Waals surface area contributed by atoms with Crippen LogP contribution in [0.25, 0.3) is 0 Å². The van der Waals surface area contributed by atoms with Crippen molar-refractivity contribution in [3.05, 3.63) is 0 Å². The average molecular weight is 220 g/mol. The van der Waals surface area contributed by atoms with Crippen LogP contribution in [0.15, 0.2) is 0 Å². The van der Waals surface area contributed by atoms with Gasteiger partial charge >= 0.3 is 17.9 Å². The molecule has 0 radical (unpaired) electrons. The summed E-state index contributed by atoms with van der Waals surface area (Å²) in [5.74, 6) is -3.56. The molecule has 8 nitrogen and oxygen atoms in total. The molecular formula is C7H12N2O6. The summed E-state index contributed by atoms with van der Waals surface area (Å²) in [5, 5.41) is 16.6. The first-order valence-electron chi connectivity index (χ1n) is 3.97. The van der Waals surface area contributed by atoms with Crippen molar-refractivity contribution in [3.63, 3.8) is 0 Å². The Morgan fingerprint density at radius 2 is 1.67 bits per heavy atom. The second kappa shape index (κ2) is 5.94. The van der Waals surface area contributed by atoms with E-state index in [1.165, 1.54) is 0 Å². The van der Waals surface area contributed by atoms with E-state index in [9.17, 15) is 14.4 Å². The minimum Gasteiger partial charge on any atom is -0.481 e. The van der Waals surface area contributed by atoms with Gasteiger partial charge in [-0.15, -0.1) is 0 Å². The van der Waals surface area contributed by atoms with Gasteiger partial charge < -0.3 is 26.4 Å². The minimum atomic E-state index is -1.34. The first-order chi connectivity index (χ1) is 6.84. The highest BCUT2D eigenvalue weighted by Crippen LogP contribution is 1.93. The third-order valence-electron chi connectivity index (χ3n) is 1.42. The molecule has 0 spiro atoms. The highest BCUT2D eigenvalue weighted by Gasteiger charge is 2.21. The molecule has 0 aromatic carbocycles. The number of ether oxygens (including phenoxy) is 1. The van der Waals surface area contributed by atoms with Crippen LogP contribution >= 0.6 is 0 Å². The van der Waals surface area contributed by atoms with Gasteiger partial charge in [0, 0.05) is 0 Å². The minimum absolute atomic E-state index is 0.540. The first-order valence-corrected chi connectivity index (χ1v) is 3.97. The predicted octanol–water partition coefficient (Wildman–Crippen LogP) is -2.26. The molecule has 0 saturated carbocycles. The second-order valence-corrected chi connectivity index (χ2v) is 2.78. The zero-order chi connectivity index (χ0) is 12.0. The summed E-state index contributed by atoms with van der Waals surface area (Å²) in [6.07, 6.45) is -0.582. The lowest BCUT2D eigenvalue weighted by atomic mass is 10.2. The maximum absolute atomic E-state index is 10.9. The Bertz CT molecular complexity index is 266. The topological polar surface area (TPSA) is 153 Å². The molecule has 0 aliphatic heterocycles. The van der Waals surface area contributed by atoms with Crippen molar-refractivity contribution in [1.29, 1.82) is 0 Å². The molecule has 8 heteroatoms. The summed E-state index contributed by atoms with van der Waals surface area (Å²) in [5.41, 5.74) is 10.2. The summed E-state index contributed by atoms with van der Waals surface area (Å²) in [7, 11) is 0. The van der Waals surface area contributed by atoms with Gasteiger partial charge in [-0.05, 0) is 0 Å². The zero-order valence-electron chi connectivity index (χ0n) is 7.75. The van der Waals surface area contributed by atoms with Crippen LogP contribution in [0.1, 0.15) is 6.42 Å². The number of aliphatic carboxylic acids is 2. The van der Waals surface area contributed by atoms with Gasteiger partial charge in [0.2, 0.25) is 0 Å². The number of hydrogen-bond acceptors (Lipinski definition) is 6. The molecule has 15 heavy (non-hydrogen) atoms. The summed E-state index contributed by atoms with van der Waals surface area (Å²) in [6, 6.07) is -2.66. The highest BCUT2D eigenvalue weighted by molar-refractivity contribution is 5.82. The van der Waals surface area contributed by atoms with Gasteiger partial charge in [0.1, 0.15) is 18.7 Å². The zero-order valence-corrected chi connectivity index (χ0v) is 7.75. The van der Waals surface area contributed by atoms with Crippen molar-refractivity contribution in [2.24, 2.45) is 11.5 Å². The molecule has 0 aromatic rings. The van der Waals surface area contributed by atoms with Gasteiger partial charge in [-0.3, -0.25) is 14.4 Å². The Labute approximate surface area is 84.8 Å². The summed E-state index contributed by atoms with van der Waals surface area (Å²) < 4.78 is 4.39. The number of carboxylic acid groups (broad SMARTS) is 2. The van der Waals surface area contributed by atoms with Crippen LogP contribution in [0.4, 0.5) is 0 Å². The molecule has 86 valence electrons. The van der Waals surface area contributed by atoms with Crippen LogP contribution in [-0.4, -0.2) is 46.8 Å². The van der Waals surface area contributed by atoms with Gasteiger partial charge in [0.15, 0.2) is 0 Å². The van der Waals surface area contributed by atoms with Crippen molar-refractivity contribution < 1.29 is 29.3 Å². The number of carboxylic acids is 2. The Morgan fingerprint density at radius 1 is 1.13 bits per heavy atom. The van der Waals surface area contributed by atoms with Crippen LogP contribution in [-0.2, 0) is 19.1 Å². The molecule has 0 bridgehead atoms. The van der Waals surface area contributed by atoms with Crippen LogP contribution in [0.3, 0.4) is 0 Å². The fourth-order valence-corrected chi connectivity index (χ4v) is 0.622. The normalized spacial score (nSPS) is 14.0. The van der Waals surface area contributed by atoms with E-state index in [1.807, 2.05) is 0 Å². The van der Waals surface area contributed by atoms with Gasteiger partial charge in [0.25, 0.3) is 0 Å². The third kappa shape index (κ3) is 5.60. The molecule has 0 aliphatic rings. The van der Waals surface area contributed by atoms with E-state index in [1.54, 1.807) is 0 Å². The van der Waals surface area contributed by atoms with Crippen LogP contribution in [0.2, 0.25) is 0 Å². The lowest BCUT2D eigenvalue weighted by Gasteiger charge is -2.11. The lowest BCUT2D eigenvalue weighted by molar-refractivity contribution is -0.152. The molecule has 0 heterocycles. The van der Waals surface area contributed by atoms with E-state index in [0.29, 0.717) is 0 Å². The standard InChI is InChI=1S/C7H12N2O6/c8-3(1-5(10)11)7(14)15-2-4(9)6(12)13/h3-4H,1-2,8-9H2,(H,10,11)(H,12,13). The van der Waals surface area contributed by atoms with Crippen LogP contribution in [0, 0.1) is 0 Å². The first kappa shape index (κ1) is 13.3. The maximum atomic E-state index is 10.9. The third-order valence-corrected chi connectivity index (χ3v) is 1.42. The molecule has 2 atom stereocenters. The number of hydrogen-bond donors (Lipinski definition) is 4. The molecule has 0 aromatic heterocycles. The Kier molecular flexibility index (Phi) is 5.27. The lowest BCUT2D eigenvalue weighted by Crippen LogP contribution is -2.40. The van der Waals surface area contributed by atoms with E-state index in [0.717, 1.165) is 0 Å². The molecule has 0 rings (SSSR count). The number of nitrogens with two attached hydrogens (primary N) is 2. The molecule has 0 saturated heterocycles. The van der Waals surface area contributed by atoms with Crippen molar-refractivity contribution >= 4 is 17.9 Å². The van der Waals surface area contributed by atoms with E-state index in [-0.39, 0.29) is 0 Å². The Balaban J connectivity index is 3.93. The Morgan fingerprint density at radius 3 is 2.07 bits per heavy atom. The fraction of sp³-hybridized carbons (Fsp3) is 0.571. The van der Waals surface area contributed by atoms with Crippen LogP contribution < -0.4 is 11.5 Å². The van der Waals surface area contributed by atoms with Gasteiger partial charge in [-0.1, -0.05) is 0 Å². The number of rotatable bonds is 6. The maximum Gasteiger partial charge on any atom is 0.324 e. The molecule has 0 fully saturated rings. The van der Waals surface area contributed by atoms with Crippen molar-refractivity contribution in [1.82, 2.24) is 0 Å². The molecule has 2 unspecified atom stereocenters. The second-order valence-electron chi connectivity index (χ2n) is 2.78. The predicted molar refractivity (Wildman–Crippen MR) is 46.8 cm³/mol. The summed E-state index contributed by atoms with van der Waals surface area (Å²) in [6.45, 7) is -0.540.